The van der Waals surface area contributed by atoms with Gasteiger partial charge in [0.1, 0.15) is 5.60 Å². The Labute approximate surface area is 115 Å². The number of nitrogens with one attached hydrogen (secondary N) is 1. The second kappa shape index (κ2) is 6.99. The molecule has 0 radical (unpaired) electrons. The van der Waals surface area contributed by atoms with Crippen LogP contribution in [-0.4, -0.2) is 40.6 Å². The van der Waals surface area contributed by atoms with Gasteiger partial charge >= 0.3 is 0 Å². The van der Waals surface area contributed by atoms with E-state index in [1.165, 1.54) is 18.7 Å². The number of halogens is 1. The van der Waals surface area contributed by atoms with Gasteiger partial charge in [-0.2, -0.15) is 0 Å². The van der Waals surface area contributed by atoms with Crippen LogP contribution < -0.4 is 5.32 Å². The number of carbonyl (C=O) groups excluding carboxylic acids is 1. The highest BCUT2D eigenvalue weighted by Crippen LogP contribution is 2.19. The van der Waals surface area contributed by atoms with Crippen molar-refractivity contribution in [2.24, 2.45) is 0 Å². The zero-order valence-electron chi connectivity index (χ0n) is 10.0. The van der Waals surface area contributed by atoms with Crippen molar-refractivity contribution in [1.29, 1.82) is 0 Å². The fourth-order valence-electron chi connectivity index (χ4n) is 1.08. The Morgan fingerprint density at radius 2 is 2.06 bits per heavy atom. The Hall–Kier alpha value is -0.750. The molecule has 0 saturated carbocycles. The quantitative estimate of drug-likeness (QED) is 0.690. The molecule has 0 spiro atoms. The summed E-state index contributed by atoms with van der Waals surface area (Å²) in [5, 5.41) is 21.5. The third kappa shape index (κ3) is 5.73. The van der Waals surface area contributed by atoms with Crippen LogP contribution in [0.25, 0.3) is 0 Å². The second-order valence-electron chi connectivity index (χ2n) is 4.17. The maximum Gasteiger partial charge on any atom is 0.230 e. The fourth-order valence-corrected chi connectivity index (χ4v) is 1.93. The van der Waals surface area contributed by atoms with E-state index in [4.69, 9.17) is 16.7 Å². The van der Waals surface area contributed by atoms with E-state index < -0.39 is 12.2 Å². The van der Waals surface area contributed by atoms with E-state index in [2.05, 4.69) is 5.32 Å². The molecule has 0 fully saturated rings. The highest BCUT2D eigenvalue weighted by molar-refractivity contribution is 8.00. The first-order valence-electron chi connectivity index (χ1n) is 5.41. The minimum atomic E-state index is -1.28. The van der Waals surface area contributed by atoms with E-state index in [0.29, 0.717) is 5.02 Å². The van der Waals surface area contributed by atoms with Crippen molar-refractivity contribution in [3.8, 4) is 0 Å². The van der Waals surface area contributed by atoms with Crippen LogP contribution in [0.5, 0.6) is 0 Å². The normalized spacial score (nSPS) is 14.0. The molecule has 1 atom stereocenters. The summed E-state index contributed by atoms with van der Waals surface area (Å²) in [5.41, 5.74) is -1.28. The smallest absolute Gasteiger partial charge is 0.230 e. The van der Waals surface area contributed by atoms with Gasteiger partial charge in [0.2, 0.25) is 5.91 Å². The van der Waals surface area contributed by atoms with Crippen LogP contribution in [0, 0.1) is 0 Å². The zero-order valence-corrected chi connectivity index (χ0v) is 11.6. The first kappa shape index (κ1) is 15.3. The summed E-state index contributed by atoms with van der Waals surface area (Å²) in [6.07, 6.45) is 0. The molecular formula is C12H16ClNO3S. The molecule has 1 aromatic rings. The highest BCUT2D eigenvalue weighted by Gasteiger charge is 2.19. The average molecular weight is 290 g/mol. The number of benzene rings is 1. The highest BCUT2D eigenvalue weighted by atomic mass is 35.5. The molecule has 0 aliphatic carbocycles. The van der Waals surface area contributed by atoms with Crippen LogP contribution in [0.2, 0.25) is 5.02 Å². The molecule has 0 aliphatic rings. The molecule has 4 nitrogen and oxygen atoms in total. The number of amides is 1. The van der Waals surface area contributed by atoms with Crippen molar-refractivity contribution in [3.05, 3.63) is 29.3 Å². The summed E-state index contributed by atoms with van der Waals surface area (Å²) in [4.78, 5) is 12.4. The molecule has 100 valence electrons. The average Bonchev–Trinajstić information content (AvgIpc) is 2.36. The van der Waals surface area contributed by atoms with Crippen molar-refractivity contribution >= 4 is 29.3 Å². The molecule has 0 saturated heterocycles. The van der Waals surface area contributed by atoms with Crippen molar-refractivity contribution in [3.63, 3.8) is 0 Å². The molecule has 6 heteroatoms. The lowest BCUT2D eigenvalue weighted by atomic mass is 10.1. The molecule has 3 N–H and O–H groups in total. The monoisotopic (exact) mass is 289 g/mol. The molecule has 1 aromatic carbocycles. The number of hydrogen-bond acceptors (Lipinski definition) is 4. The molecular weight excluding hydrogens is 274 g/mol. The standard InChI is InChI=1S/C12H16ClNO3S/c1-12(17,8-15)7-14-11(16)6-18-10-4-2-9(13)3-5-10/h2-5,15,17H,6-8H2,1H3,(H,14,16). The molecule has 1 unspecified atom stereocenters. The van der Waals surface area contributed by atoms with Crippen LogP contribution in [-0.2, 0) is 4.79 Å². The lowest BCUT2D eigenvalue weighted by Gasteiger charge is -2.20. The van der Waals surface area contributed by atoms with Gasteiger partial charge in [0.05, 0.1) is 12.4 Å². The number of rotatable bonds is 6. The van der Waals surface area contributed by atoms with Crippen molar-refractivity contribution < 1.29 is 15.0 Å². The molecule has 1 amide bonds. The van der Waals surface area contributed by atoms with Gasteiger partial charge in [-0.25, -0.2) is 0 Å². The van der Waals surface area contributed by atoms with Crippen molar-refractivity contribution in [1.82, 2.24) is 5.32 Å². The molecule has 0 bridgehead atoms. The summed E-state index contributed by atoms with van der Waals surface area (Å²) >= 11 is 7.13. The Balaban J connectivity index is 2.31. The van der Waals surface area contributed by atoms with Crippen LogP contribution in [0.4, 0.5) is 0 Å². The SMILES string of the molecule is CC(O)(CO)CNC(=O)CSc1ccc(Cl)cc1. The Bertz CT molecular complexity index is 395. The predicted molar refractivity (Wildman–Crippen MR) is 72.9 cm³/mol. The fraction of sp³-hybridized carbons (Fsp3) is 0.417. The lowest BCUT2D eigenvalue weighted by molar-refractivity contribution is -0.120. The van der Waals surface area contributed by atoms with E-state index >= 15 is 0 Å². The molecule has 0 heterocycles. The number of thioether (sulfide) groups is 1. The van der Waals surface area contributed by atoms with Gasteiger partial charge in [-0.05, 0) is 31.2 Å². The van der Waals surface area contributed by atoms with Crippen LogP contribution in [0.1, 0.15) is 6.92 Å². The molecule has 0 aliphatic heterocycles. The van der Waals surface area contributed by atoms with Gasteiger partial charge < -0.3 is 15.5 Å². The van der Waals surface area contributed by atoms with Crippen LogP contribution in [0.3, 0.4) is 0 Å². The Morgan fingerprint density at radius 1 is 1.44 bits per heavy atom. The third-order valence-electron chi connectivity index (χ3n) is 2.19. The van der Waals surface area contributed by atoms with Gasteiger partial charge in [-0.15, -0.1) is 11.8 Å². The number of aliphatic hydroxyl groups excluding tert-OH is 1. The van der Waals surface area contributed by atoms with Gasteiger partial charge in [-0.1, -0.05) is 11.6 Å². The first-order chi connectivity index (χ1) is 8.43. The maximum atomic E-state index is 11.5. The summed E-state index contributed by atoms with van der Waals surface area (Å²) in [6.45, 7) is 1.10. The number of hydrogen-bond donors (Lipinski definition) is 3. The van der Waals surface area contributed by atoms with E-state index in [1.54, 1.807) is 12.1 Å². The molecule has 18 heavy (non-hydrogen) atoms. The molecule has 1 rings (SSSR count). The number of carbonyl (C=O) groups is 1. The Morgan fingerprint density at radius 3 is 2.61 bits per heavy atom. The summed E-state index contributed by atoms with van der Waals surface area (Å²) in [6, 6.07) is 7.20. The topological polar surface area (TPSA) is 69.6 Å². The van der Waals surface area contributed by atoms with Crippen molar-refractivity contribution in [2.75, 3.05) is 18.9 Å². The summed E-state index contributed by atoms with van der Waals surface area (Å²) in [5.74, 6) is 0.0621. The van der Waals surface area contributed by atoms with Gasteiger partial charge in [0.25, 0.3) is 0 Å². The minimum Gasteiger partial charge on any atom is -0.393 e. The van der Waals surface area contributed by atoms with E-state index in [9.17, 15) is 9.90 Å². The maximum absolute atomic E-state index is 11.5. The van der Waals surface area contributed by atoms with E-state index in [1.807, 2.05) is 12.1 Å². The Kier molecular flexibility index (Phi) is 5.95. The van der Waals surface area contributed by atoms with Gasteiger partial charge in [0.15, 0.2) is 0 Å². The predicted octanol–water partition coefficient (Wildman–Crippen LogP) is 1.29. The van der Waals surface area contributed by atoms with Crippen LogP contribution in [0.15, 0.2) is 29.2 Å². The van der Waals surface area contributed by atoms with E-state index in [0.717, 1.165) is 4.90 Å². The lowest BCUT2D eigenvalue weighted by Crippen LogP contribution is -2.43. The minimum absolute atomic E-state index is 0.0313. The first-order valence-corrected chi connectivity index (χ1v) is 6.77. The van der Waals surface area contributed by atoms with Crippen molar-refractivity contribution in [2.45, 2.75) is 17.4 Å². The molecule has 0 aromatic heterocycles. The largest absolute Gasteiger partial charge is 0.393 e. The number of aliphatic hydroxyl groups is 2. The van der Waals surface area contributed by atoms with E-state index in [-0.39, 0.29) is 18.2 Å². The summed E-state index contributed by atoms with van der Waals surface area (Å²) in [7, 11) is 0. The zero-order chi connectivity index (χ0) is 13.6. The van der Waals surface area contributed by atoms with Gasteiger partial charge in [-0.3, -0.25) is 4.79 Å². The third-order valence-corrected chi connectivity index (χ3v) is 3.45. The van der Waals surface area contributed by atoms with Gasteiger partial charge in [0, 0.05) is 16.5 Å². The van der Waals surface area contributed by atoms with Crippen LogP contribution >= 0.6 is 23.4 Å². The summed E-state index contributed by atoms with van der Waals surface area (Å²) < 4.78 is 0. The second-order valence-corrected chi connectivity index (χ2v) is 5.66.